The van der Waals surface area contributed by atoms with Crippen molar-refractivity contribution >= 4 is 35.3 Å². The van der Waals surface area contributed by atoms with Crippen LogP contribution in [0.2, 0.25) is 0 Å². The molecular weight excluding hydrogens is 426 g/mol. The number of hydrogen-bond donors (Lipinski definition) is 3. The summed E-state index contributed by atoms with van der Waals surface area (Å²) in [6.07, 6.45) is -2.07. The van der Waals surface area contributed by atoms with E-state index in [4.69, 9.17) is 14.2 Å². The Hall–Kier alpha value is -3.75. The van der Waals surface area contributed by atoms with E-state index in [0.717, 1.165) is 5.56 Å². The summed E-state index contributed by atoms with van der Waals surface area (Å²) in [4.78, 5) is 36.6. The summed E-state index contributed by atoms with van der Waals surface area (Å²) < 4.78 is 15.8. The van der Waals surface area contributed by atoms with Crippen molar-refractivity contribution in [2.75, 3.05) is 16.0 Å². The van der Waals surface area contributed by atoms with Crippen molar-refractivity contribution < 1.29 is 28.6 Å². The highest BCUT2D eigenvalue weighted by Gasteiger charge is 2.19. The minimum Gasteiger partial charge on any atom is -0.444 e. The second-order valence-electron chi connectivity index (χ2n) is 9.24. The maximum Gasteiger partial charge on any atom is 0.412 e. The van der Waals surface area contributed by atoms with E-state index < -0.39 is 29.5 Å². The predicted octanol–water partition coefficient (Wildman–Crippen LogP) is 6.13. The van der Waals surface area contributed by atoms with Gasteiger partial charge in [-0.2, -0.15) is 0 Å². The van der Waals surface area contributed by atoms with Crippen molar-refractivity contribution in [2.24, 2.45) is 0 Å². The van der Waals surface area contributed by atoms with Crippen LogP contribution in [0.1, 0.15) is 47.1 Å². The maximum absolute atomic E-state index is 12.3. The lowest BCUT2D eigenvalue weighted by molar-refractivity contribution is 0.0625. The summed E-state index contributed by atoms with van der Waals surface area (Å²) in [7, 11) is 0. The van der Waals surface area contributed by atoms with E-state index in [-0.39, 0.29) is 23.7 Å². The molecule has 0 aliphatic rings. The Labute approximate surface area is 193 Å². The molecule has 2 rings (SSSR count). The standard InChI is InChI=1S/C24H31N3O6/c1-23(2,3)32-21(29)26-18-12-17(13-19(14-18)27-22(30)33-24(4,5)6)25-20(28)31-15-16-10-8-7-9-11-16/h7-14H,15H2,1-6H3,(H,25,28)(H,26,29)(H,27,30). The van der Waals surface area contributed by atoms with E-state index in [9.17, 15) is 14.4 Å². The monoisotopic (exact) mass is 457 g/mol. The first kappa shape index (κ1) is 25.5. The van der Waals surface area contributed by atoms with E-state index in [2.05, 4.69) is 16.0 Å². The zero-order valence-electron chi connectivity index (χ0n) is 19.8. The number of carbonyl (C=O) groups excluding carboxylic acids is 3. The highest BCUT2D eigenvalue weighted by atomic mass is 16.6. The lowest BCUT2D eigenvalue weighted by Gasteiger charge is -2.21. The van der Waals surface area contributed by atoms with Crippen molar-refractivity contribution in [3.63, 3.8) is 0 Å². The topological polar surface area (TPSA) is 115 Å². The van der Waals surface area contributed by atoms with Gasteiger partial charge in [0.25, 0.3) is 0 Å². The minimum atomic E-state index is -0.698. The summed E-state index contributed by atoms with van der Waals surface area (Å²) in [6.45, 7) is 10.5. The van der Waals surface area contributed by atoms with Crippen LogP contribution in [0, 0.1) is 0 Å². The molecule has 0 saturated carbocycles. The van der Waals surface area contributed by atoms with Gasteiger partial charge in [0, 0.05) is 17.1 Å². The van der Waals surface area contributed by atoms with Crippen LogP contribution in [0.25, 0.3) is 0 Å². The Bertz CT molecular complexity index is 930. The van der Waals surface area contributed by atoms with Crippen LogP contribution in [0.5, 0.6) is 0 Å². The van der Waals surface area contributed by atoms with Gasteiger partial charge >= 0.3 is 18.3 Å². The maximum atomic E-state index is 12.3. The van der Waals surface area contributed by atoms with Crippen LogP contribution in [-0.2, 0) is 20.8 Å². The fourth-order valence-electron chi connectivity index (χ4n) is 2.56. The van der Waals surface area contributed by atoms with Gasteiger partial charge in [0.1, 0.15) is 17.8 Å². The first-order valence-corrected chi connectivity index (χ1v) is 10.4. The summed E-state index contributed by atoms with van der Waals surface area (Å²) in [5.74, 6) is 0. The van der Waals surface area contributed by atoms with E-state index in [1.807, 2.05) is 30.3 Å². The fourth-order valence-corrected chi connectivity index (χ4v) is 2.56. The zero-order chi connectivity index (χ0) is 24.6. The van der Waals surface area contributed by atoms with Gasteiger partial charge in [0.2, 0.25) is 0 Å². The molecule has 0 aromatic heterocycles. The van der Waals surface area contributed by atoms with Gasteiger partial charge in [-0.3, -0.25) is 16.0 Å². The summed E-state index contributed by atoms with van der Waals surface area (Å²) in [5, 5.41) is 7.76. The van der Waals surface area contributed by atoms with Crippen LogP contribution in [0.3, 0.4) is 0 Å². The summed E-state index contributed by atoms with van der Waals surface area (Å²) in [5.41, 5.74) is 0.303. The first-order valence-electron chi connectivity index (χ1n) is 10.4. The average Bonchev–Trinajstić information content (AvgIpc) is 2.63. The number of anilines is 3. The molecule has 2 aromatic rings. The molecule has 9 nitrogen and oxygen atoms in total. The van der Waals surface area contributed by atoms with Crippen molar-refractivity contribution in [3.05, 3.63) is 54.1 Å². The molecule has 0 heterocycles. The molecule has 9 heteroatoms. The van der Waals surface area contributed by atoms with Crippen LogP contribution in [-0.4, -0.2) is 29.5 Å². The van der Waals surface area contributed by atoms with Gasteiger partial charge in [-0.25, -0.2) is 14.4 Å². The van der Waals surface area contributed by atoms with E-state index in [0.29, 0.717) is 0 Å². The number of amides is 3. The lowest BCUT2D eigenvalue weighted by Crippen LogP contribution is -2.28. The zero-order valence-corrected chi connectivity index (χ0v) is 19.8. The average molecular weight is 458 g/mol. The van der Waals surface area contributed by atoms with Gasteiger partial charge in [0.05, 0.1) is 0 Å². The Morgan fingerprint density at radius 3 is 1.45 bits per heavy atom. The van der Waals surface area contributed by atoms with Crippen LogP contribution >= 0.6 is 0 Å². The molecule has 0 aliphatic heterocycles. The normalized spacial score (nSPS) is 11.2. The van der Waals surface area contributed by atoms with E-state index in [1.165, 1.54) is 18.2 Å². The molecule has 0 unspecified atom stereocenters. The predicted molar refractivity (Wildman–Crippen MR) is 126 cm³/mol. The highest BCUT2D eigenvalue weighted by Crippen LogP contribution is 2.24. The molecular formula is C24H31N3O6. The van der Waals surface area contributed by atoms with Gasteiger partial charge in [-0.05, 0) is 65.3 Å². The highest BCUT2D eigenvalue weighted by molar-refractivity contribution is 5.93. The summed E-state index contributed by atoms with van der Waals surface area (Å²) >= 11 is 0. The SMILES string of the molecule is CC(C)(C)OC(=O)Nc1cc(NC(=O)OCc2ccccc2)cc(NC(=O)OC(C)(C)C)c1. The van der Waals surface area contributed by atoms with Crippen molar-refractivity contribution in [1.29, 1.82) is 0 Å². The van der Waals surface area contributed by atoms with Crippen molar-refractivity contribution in [2.45, 2.75) is 59.4 Å². The lowest BCUT2D eigenvalue weighted by atomic mass is 10.2. The number of ether oxygens (including phenoxy) is 3. The number of nitrogens with one attached hydrogen (secondary N) is 3. The van der Waals surface area contributed by atoms with Gasteiger partial charge in [0.15, 0.2) is 0 Å². The molecule has 0 fully saturated rings. The largest absolute Gasteiger partial charge is 0.444 e. The van der Waals surface area contributed by atoms with Crippen LogP contribution < -0.4 is 16.0 Å². The molecule has 0 radical (unpaired) electrons. The molecule has 178 valence electrons. The molecule has 2 aromatic carbocycles. The Morgan fingerprint density at radius 1 is 0.667 bits per heavy atom. The quantitative estimate of drug-likeness (QED) is 0.465. The van der Waals surface area contributed by atoms with E-state index >= 15 is 0 Å². The van der Waals surface area contributed by atoms with Crippen LogP contribution in [0.4, 0.5) is 31.4 Å². The number of rotatable bonds is 5. The second-order valence-corrected chi connectivity index (χ2v) is 9.24. The van der Waals surface area contributed by atoms with Gasteiger partial charge < -0.3 is 14.2 Å². The van der Waals surface area contributed by atoms with Crippen molar-refractivity contribution in [1.82, 2.24) is 0 Å². The van der Waals surface area contributed by atoms with Gasteiger partial charge in [-0.1, -0.05) is 30.3 Å². The molecule has 3 N–H and O–H groups in total. The molecule has 0 bridgehead atoms. The van der Waals surface area contributed by atoms with E-state index in [1.54, 1.807) is 41.5 Å². The van der Waals surface area contributed by atoms with Gasteiger partial charge in [-0.15, -0.1) is 0 Å². The Balaban J connectivity index is 2.15. The van der Waals surface area contributed by atoms with Crippen molar-refractivity contribution in [3.8, 4) is 0 Å². The molecule has 33 heavy (non-hydrogen) atoms. The molecule has 0 saturated heterocycles. The third-order valence-corrected chi connectivity index (χ3v) is 3.68. The Kier molecular flexibility index (Phi) is 8.28. The number of hydrogen-bond acceptors (Lipinski definition) is 6. The first-order chi connectivity index (χ1) is 15.3. The fraction of sp³-hybridized carbons (Fsp3) is 0.375. The Morgan fingerprint density at radius 2 is 1.06 bits per heavy atom. The smallest absolute Gasteiger partial charge is 0.412 e. The molecule has 0 spiro atoms. The van der Waals surface area contributed by atoms with Crippen LogP contribution in [0.15, 0.2) is 48.5 Å². The molecule has 3 amide bonds. The molecule has 0 aliphatic carbocycles. The second kappa shape index (κ2) is 10.7. The summed E-state index contributed by atoms with van der Waals surface area (Å²) in [6, 6.07) is 13.7. The number of carbonyl (C=O) groups is 3. The molecule has 0 atom stereocenters. The third-order valence-electron chi connectivity index (χ3n) is 3.68. The minimum absolute atomic E-state index is 0.0888. The third kappa shape index (κ3) is 10.4. The number of benzene rings is 2.